The number of nitrogens with zero attached hydrogens (tertiary/aromatic N) is 1. The molecule has 5 N–H and O–H groups in total. The van der Waals surface area contributed by atoms with E-state index in [2.05, 4.69) is 40.2 Å². The fraction of sp³-hybridized carbons (Fsp3) is 0.415. The number of benzene rings is 3. The quantitative estimate of drug-likeness (QED) is 0.122. The molecule has 10 heteroatoms. The third kappa shape index (κ3) is 8.34. The second kappa shape index (κ2) is 16.4. The van der Waals surface area contributed by atoms with Crippen molar-refractivity contribution in [1.82, 2.24) is 15.2 Å². The molecule has 1 aromatic heterocycles. The first kappa shape index (κ1) is 35.9. The van der Waals surface area contributed by atoms with Crippen molar-refractivity contribution in [1.29, 1.82) is 0 Å². The molecule has 0 bridgehead atoms. The monoisotopic (exact) mass is 691 g/mol. The number of aryl methyl sites for hydroxylation is 2. The molecule has 2 atom stereocenters. The highest BCUT2D eigenvalue weighted by Crippen LogP contribution is 2.44. The maximum Gasteiger partial charge on any atom is 0.407 e. The summed E-state index contributed by atoms with van der Waals surface area (Å²) in [4.78, 5) is 53.6. The highest BCUT2D eigenvalue weighted by molar-refractivity contribution is 5.99. The number of anilines is 1. The van der Waals surface area contributed by atoms with E-state index in [4.69, 9.17) is 10.5 Å². The Bertz CT molecular complexity index is 1900. The Morgan fingerprint density at radius 2 is 1.55 bits per heavy atom. The Hall–Kier alpha value is -4.96. The number of hydrogen-bond acceptors (Lipinski definition) is 6. The first-order valence-electron chi connectivity index (χ1n) is 18.3. The van der Waals surface area contributed by atoms with Crippen molar-refractivity contribution in [3.05, 3.63) is 99.8 Å². The number of alkyl carbamates (subject to hydrolysis) is 1. The number of amides is 3. The third-order valence-electron chi connectivity index (χ3n) is 10.5. The van der Waals surface area contributed by atoms with E-state index in [-0.39, 0.29) is 29.9 Å². The highest BCUT2D eigenvalue weighted by atomic mass is 16.5. The van der Waals surface area contributed by atoms with Gasteiger partial charge in [-0.25, -0.2) is 4.79 Å². The number of aromatic nitrogens is 1. The molecule has 0 saturated heterocycles. The molecule has 0 spiro atoms. The van der Waals surface area contributed by atoms with E-state index in [0.29, 0.717) is 43.4 Å². The van der Waals surface area contributed by atoms with Crippen molar-refractivity contribution in [2.45, 2.75) is 82.7 Å². The normalized spacial score (nSPS) is 15.4. The van der Waals surface area contributed by atoms with Gasteiger partial charge in [-0.3, -0.25) is 14.4 Å². The number of unbranched alkanes of at least 4 members (excludes halogenated alkanes) is 1. The number of fused-ring (bicyclic) bond motifs is 4. The molecule has 0 unspecified atom stereocenters. The molecule has 2 aliphatic carbocycles. The van der Waals surface area contributed by atoms with Crippen LogP contribution in [0.1, 0.15) is 80.4 Å². The largest absolute Gasteiger partial charge is 0.449 e. The summed E-state index contributed by atoms with van der Waals surface area (Å²) in [6, 6.07) is 21.6. The van der Waals surface area contributed by atoms with Crippen LogP contribution in [-0.2, 0) is 21.4 Å². The number of hydrogen-bond donors (Lipinski definition) is 4. The maximum absolute atomic E-state index is 14.0. The molecule has 1 saturated carbocycles. The van der Waals surface area contributed by atoms with E-state index >= 15 is 0 Å². The molecule has 1 heterocycles. The molecule has 51 heavy (non-hydrogen) atoms. The molecule has 3 aromatic carbocycles. The first-order valence-corrected chi connectivity index (χ1v) is 18.3. The van der Waals surface area contributed by atoms with Crippen molar-refractivity contribution < 1.29 is 19.1 Å². The second-order valence-electron chi connectivity index (χ2n) is 14.1. The van der Waals surface area contributed by atoms with Gasteiger partial charge in [0.25, 0.3) is 5.56 Å². The SMILES string of the molecule is Cc1cc(=O)n(C)c2cc(NC(=O)[C@H](CCCCN)NC(=O)[C@@H](CC3CCCCC3)NC(=O)OCC3c4ccccc4-c4ccccc43)ccc12. The topological polar surface area (TPSA) is 145 Å². The summed E-state index contributed by atoms with van der Waals surface area (Å²) < 4.78 is 7.38. The van der Waals surface area contributed by atoms with E-state index in [1.807, 2.05) is 37.3 Å². The van der Waals surface area contributed by atoms with Crippen molar-refractivity contribution in [2.75, 3.05) is 18.5 Å². The number of nitrogens with one attached hydrogen (secondary N) is 3. The summed E-state index contributed by atoms with van der Waals surface area (Å²) in [5, 5.41) is 9.70. The lowest BCUT2D eigenvalue weighted by atomic mass is 9.84. The predicted molar refractivity (Wildman–Crippen MR) is 201 cm³/mol. The Labute approximate surface area is 299 Å². The highest BCUT2D eigenvalue weighted by Gasteiger charge is 2.32. The van der Waals surface area contributed by atoms with E-state index in [9.17, 15) is 19.2 Å². The molecule has 2 aliphatic rings. The van der Waals surface area contributed by atoms with Crippen LogP contribution in [0.3, 0.4) is 0 Å². The Kier molecular flexibility index (Phi) is 11.5. The summed E-state index contributed by atoms with van der Waals surface area (Å²) in [5.74, 6) is -0.625. The van der Waals surface area contributed by atoms with E-state index in [1.54, 1.807) is 29.8 Å². The lowest BCUT2D eigenvalue weighted by Crippen LogP contribution is -2.53. The van der Waals surface area contributed by atoms with Gasteiger partial charge in [-0.15, -0.1) is 0 Å². The fourth-order valence-electron chi connectivity index (χ4n) is 7.73. The van der Waals surface area contributed by atoms with E-state index in [0.717, 1.165) is 58.9 Å². The second-order valence-corrected chi connectivity index (χ2v) is 14.1. The zero-order valence-corrected chi connectivity index (χ0v) is 29.6. The minimum atomic E-state index is -0.869. The zero-order valence-electron chi connectivity index (χ0n) is 29.6. The molecule has 0 radical (unpaired) electrons. The van der Waals surface area contributed by atoms with Crippen LogP contribution in [0, 0.1) is 12.8 Å². The number of nitrogens with two attached hydrogens (primary N) is 1. The van der Waals surface area contributed by atoms with Crippen LogP contribution in [-0.4, -0.2) is 47.7 Å². The van der Waals surface area contributed by atoms with Crippen molar-refractivity contribution in [2.24, 2.45) is 18.7 Å². The Morgan fingerprint density at radius 3 is 2.24 bits per heavy atom. The molecule has 10 nitrogen and oxygen atoms in total. The van der Waals surface area contributed by atoms with Crippen molar-refractivity contribution in [3.63, 3.8) is 0 Å². The van der Waals surface area contributed by atoms with Gasteiger partial charge in [0.15, 0.2) is 0 Å². The van der Waals surface area contributed by atoms with Gasteiger partial charge in [0.1, 0.15) is 18.7 Å². The smallest absolute Gasteiger partial charge is 0.407 e. The number of pyridine rings is 1. The van der Waals surface area contributed by atoms with Crippen LogP contribution in [0.2, 0.25) is 0 Å². The molecule has 0 aliphatic heterocycles. The van der Waals surface area contributed by atoms with Crippen LogP contribution in [0.25, 0.3) is 22.0 Å². The Morgan fingerprint density at radius 1 is 0.863 bits per heavy atom. The lowest BCUT2D eigenvalue weighted by molar-refractivity contribution is -0.128. The number of carbonyl (C=O) groups excluding carboxylic acids is 3. The summed E-state index contributed by atoms with van der Waals surface area (Å²) in [6.45, 7) is 2.48. The van der Waals surface area contributed by atoms with Gasteiger partial charge in [0, 0.05) is 30.1 Å². The molecular weight excluding hydrogens is 642 g/mol. The molecule has 6 rings (SSSR count). The van der Waals surface area contributed by atoms with Gasteiger partial charge in [-0.2, -0.15) is 0 Å². The molecule has 3 amide bonds. The third-order valence-corrected chi connectivity index (χ3v) is 10.5. The van der Waals surface area contributed by atoms with Crippen LogP contribution < -0.4 is 27.2 Å². The number of rotatable bonds is 13. The van der Waals surface area contributed by atoms with Gasteiger partial charge in [-0.05, 0) is 85.0 Å². The molecule has 268 valence electrons. The zero-order chi connectivity index (χ0) is 35.9. The average molecular weight is 692 g/mol. The van der Waals surface area contributed by atoms with Gasteiger partial charge in [-0.1, -0.05) is 86.7 Å². The Balaban J connectivity index is 1.16. The van der Waals surface area contributed by atoms with Crippen LogP contribution in [0.4, 0.5) is 10.5 Å². The average Bonchev–Trinajstić information content (AvgIpc) is 3.46. The van der Waals surface area contributed by atoms with Gasteiger partial charge in [0.05, 0.1) is 5.52 Å². The molecule has 4 aromatic rings. The minimum absolute atomic E-state index is 0.106. The van der Waals surface area contributed by atoms with Crippen LogP contribution >= 0.6 is 0 Å². The maximum atomic E-state index is 14.0. The molecular formula is C41H49N5O5. The van der Waals surface area contributed by atoms with Crippen molar-refractivity contribution in [3.8, 4) is 11.1 Å². The summed E-state index contributed by atoms with van der Waals surface area (Å²) in [5.41, 5.74) is 12.2. The molecule has 1 fully saturated rings. The lowest BCUT2D eigenvalue weighted by Gasteiger charge is -2.28. The minimum Gasteiger partial charge on any atom is -0.449 e. The van der Waals surface area contributed by atoms with Gasteiger partial charge >= 0.3 is 6.09 Å². The summed E-state index contributed by atoms with van der Waals surface area (Å²) >= 11 is 0. The number of ether oxygens (including phenoxy) is 1. The van der Waals surface area contributed by atoms with Gasteiger partial charge < -0.3 is 31.0 Å². The van der Waals surface area contributed by atoms with Crippen molar-refractivity contribution >= 4 is 34.5 Å². The first-order chi connectivity index (χ1) is 24.7. The standard InChI is InChI=1S/C41H49N5O5/c1-26-22-38(47)46(2)37-24-28(19-20-29(26)37)43-39(48)35(18-10-11-21-42)44-40(49)36(23-27-12-4-3-5-13-27)45-41(50)51-25-34-32-16-8-6-14-30(32)31-15-7-9-17-33(31)34/h6-9,14-17,19-20,22,24,27,34-36H,3-5,10-13,18,21,23,25,42H2,1-2H3,(H,43,48)(H,44,49)(H,45,50)/t35-,36+/m0/s1. The predicted octanol–water partition coefficient (Wildman–Crippen LogP) is 6.28. The fourth-order valence-corrected chi connectivity index (χ4v) is 7.73. The van der Waals surface area contributed by atoms with E-state index < -0.39 is 24.1 Å². The summed E-state index contributed by atoms with van der Waals surface area (Å²) in [7, 11) is 1.70. The number of carbonyl (C=O) groups is 3. The van der Waals surface area contributed by atoms with Crippen LogP contribution in [0.5, 0.6) is 0 Å². The van der Waals surface area contributed by atoms with Crippen LogP contribution in [0.15, 0.2) is 77.6 Å². The van der Waals surface area contributed by atoms with Gasteiger partial charge in [0.2, 0.25) is 11.8 Å². The summed E-state index contributed by atoms with van der Waals surface area (Å²) in [6.07, 6.45) is 6.82. The van der Waals surface area contributed by atoms with E-state index in [1.165, 1.54) is 6.42 Å².